The zero-order valence-electron chi connectivity index (χ0n) is 15.1. The van der Waals surface area contributed by atoms with Crippen LogP contribution in [0.1, 0.15) is 27.3 Å². The van der Waals surface area contributed by atoms with E-state index in [0.717, 1.165) is 4.68 Å². The van der Waals surface area contributed by atoms with E-state index in [1.54, 1.807) is 31.2 Å². The van der Waals surface area contributed by atoms with Crippen LogP contribution in [0.15, 0.2) is 28.7 Å². The molecule has 0 unspecified atom stereocenters. The van der Waals surface area contributed by atoms with Gasteiger partial charge in [0.1, 0.15) is 0 Å². The van der Waals surface area contributed by atoms with Crippen LogP contribution in [-0.2, 0) is 6.54 Å². The van der Waals surface area contributed by atoms with E-state index in [1.165, 1.54) is 6.92 Å². The third-order valence-corrected chi connectivity index (χ3v) is 4.81. The largest absolute Gasteiger partial charge is 0.319 e. The van der Waals surface area contributed by atoms with Crippen molar-refractivity contribution in [3.8, 4) is 0 Å². The van der Waals surface area contributed by atoms with Gasteiger partial charge in [0.2, 0.25) is 5.82 Å². The summed E-state index contributed by atoms with van der Waals surface area (Å²) in [5.74, 6) is -10.6. The summed E-state index contributed by atoms with van der Waals surface area (Å²) in [6.45, 7) is 2.34. The molecule has 0 fully saturated rings. The highest BCUT2D eigenvalue weighted by Gasteiger charge is 2.27. The van der Waals surface area contributed by atoms with Gasteiger partial charge in [-0.15, -0.1) is 0 Å². The van der Waals surface area contributed by atoms with E-state index in [9.17, 15) is 26.7 Å². The van der Waals surface area contributed by atoms with E-state index in [2.05, 4.69) is 26.3 Å². The Morgan fingerprint density at radius 1 is 1.03 bits per heavy atom. The van der Waals surface area contributed by atoms with Crippen molar-refractivity contribution >= 4 is 27.5 Å². The highest BCUT2D eigenvalue weighted by atomic mass is 79.9. The molecule has 0 aliphatic carbocycles. The quantitative estimate of drug-likeness (QED) is 0.319. The van der Waals surface area contributed by atoms with Gasteiger partial charge in [-0.25, -0.2) is 22.0 Å². The maximum atomic E-state index is 14.0. The Bertz CT molecular complexity index is 1100. The molecule has 0 aliphatic heterocycles. The van der Waals surface area contributed by atoms with Gasteiger partial charge in [0.25, 0.3) is 5.91 Å². The second kappa shape index (κ2) is 7.94. The summed E-state index contributed by atoms with van der Waals surface area (Å²) in [6.07, 6.45) is 0. The van der Waals surface area contributed by atoms with Crippen LogP contribution in [0.25, 0.3) is 0 Å². The maximum Gasteiger partial charge on any atom is 0.255 e. The lowest BCUT2D eigenvalue weighted by atomic mass is 10.1. The predicted molar refractivity (Wildman–Crippen MR) is 99.1 cm³/mol. The molecular formula is C19H13BrF5N3O. The molecule has 10 heteroatoms. The molecular weight excluding hydrogens is 461 g/mol. The fourth-order valence-corrected chi connectivity index (χ4v) is 3.19. The number of hydrogen-bond donors (Lipinski definition) is 1. The van der Waals surface area contributed by atoms with Gasteiger partial charge in [0, 0.05) is 10.0 Å². The van der Waals surface area contributed by atoms with E-state index in [4.69, 9.17) is 0 Å². The molecule has 4 nitrogen and oxygen atoms in total. The molecule has 3 aromatic rings. The maximum absolute atomic E-state index is 14.0. The van der Waals surface area contributed by atoms with E-state index >= 15 is 0 Å². The van der Waals surface area contributed by atoms with E-state index in [1.807, 2.05) is 0 Å². The minimum atomic E-state index is -2.22. The van der Waals surface area contributed by atoms with Gasteiger partial charge >= 0.3 is 0 Å². The lowest BCUT2D eigenvalue weighted by Crippen LogP contribution is -2.14. The number of halogens is 6. The van der Waals surface area contributed by atoms with Crippen LogP contribution < -0.4 is 5.32 Å². The molecule has 0 aliphatic rings. The molecule has 1 heterocycles. The van der Waals surface area contributed by atoms with Gasteiger partial charge in [-0.1, -0.05) is 22.0 Å². The number of rotatable bonds is 4. The van der Waals surface area contributed by atoms with Gasteiger partial charge in [-0.05, 0) is 32.0 Å². The van der Waals surface area contributed by atoms with Gasteiger partial charge in [0.15, 0.2) is 23.3 Å². The molecule has 0 atom stereocenters. The smallest absolute Gasteiger partial charge is 0.255 e. The van der Waals surface area contributed by atoms with Crippen molar-refractivity contribution in [2.75, 3.05) is 5.32 Å². The van der Waals surface area contributed by atoms with Crippen molar-refractivity contribution < 1.29 is 26.7 Å². The van der Waals surface area contributed by atoms with Crippen LogP contribution in [0.3, 0.4) is 0 Å². The zero-order chi connectivity index (χ0) is 21.5. The average Bonchev–Trinajstić information content (AvgIpc) is 2.95. The third-order valence-electron chi connectivity index (χ3n) is 4.32. The Morgan fingerprint density at radius 3 is 2.21 bits per heavy atom. The number of aryl methyl sites for hydroxylation is 1. The summed E-state index contributed by atoms with van der Waals surface area (Å²) in [5, 5.41) is 6.70. The van der Waals surface area contributed by atoms with E-state index < -0.39 is 47.1 Å². The molecule has 1 aromatic heterocycles. The van der Waals surface area contributed by atoms with Crippen LogP contribution in [0, 0.1) is 42.9 Å². The molecule has 1 N–H and O–H groups in total. The molecule has 0 saturated carbocycles. The molecule has 1 amide bonds. The monoisotopic (exact) mass is 473 g/mol. The normalized spacial score (nSPS) is 11.0. The number of hydrogen-bond acceptors (Lipinski definition) is 2. The molecule has 0 saturated heterocycles. The number of carbonyl (C=O) groups is 1. The minimum absolute atomic E-state index is 0.277. The minimum Gasteiger partial charge on any atom is -0.319 e. The summed E-state index contributed by atoms with van der Waals surface area (Å²) in [7, 11) is 0. The first-order valence-corrected chi connectivity index (χ1v) is 9.02. The van der Waals surface area contributed by atoms with Crippen LogP contribution in [0.5, 0.6) is 0 Å². The number of carbonyl (C=O) groups excluding carboxylic acids is 1. The summed E-state index contributed by atoms with van der Waals surface area (Å²) >= 11 is 3.26. The van der Waals surface area contributed by atoms with Crippen molar-refractivity contribution in [3.63, 3.8) is 0 Å². The van der Waals surface area contributed by atoms with Crippen LogP contribution >= 0.6 is 15.9 Å². The standard InChI is InChI=1S/C19H13BrF5N3O/c1-8-18(26-19(29)10-4-3-5-11(20)6-10)9(2)28(27-8)7-12-13(21)15(23)17(25)16(24)14(12)22/h3-6H,7H2,1-2H3,(H,26,29). The van der Waals surface area contributed by atoms with Crippen molar-refractivity contribution in [2.45, 2.75) is 20.4 Å². The Hall–Kier alpha value is -2.75. The first-order valence-electron chi connectivity index (χ1n) is 8.23. The highest BCUT2D eigenvalue weighted by molar-refractivity contribution is 9.10. The van der Waals surface area contributed by atoms with Crippen molar-refractivity contribution in [2.24, 2.45) is 0 Å². The van der Waals surface area contributed by atoms with E-state index in [0.29, 0.717) is 15.7 Å². The number of aromatic nitrogens is 2. The van der Waals surface area contributed by atoms with Crippen LogP contribution in [0.4, 0.5) is 27.6 Å². The highest BCUT2D eigenvalue weighted by Crippen LogP contribution is 2.26. The third kappa shape index (κ3) is 3.89. The molecule has 0 bridgehead atoms. The molecule has 152 valence electrons. The second-order valence-electron chi connectivity index (χ2n) is 6.22. The summed E-state index contributed by atoms with van der Waals surface area (Å²) in [6, 6.07) is 6.60. The Kier molecular flexibility index (Phi) is 5.74. The van der Waals surface area contributed by atoms with Crippen molar-refractivity contribution in [3.05, 3.63) is 80.3 Å². The van der Waals surface area contributed by atoms with Gasteiger partial charge < -0.3 is 5.32 Å². The fraction of sp³-hybridized carbons (Fsp3) is 0.158. The fourth-order valence-electron chi connectivity index (χ4n) is 2.79. The Morgan fingerprint density at radius 2 is 1.62 bits per heavy atom. The molecule has 2 aromatic carbocycles. The van der Waals surface area contributed by atoms with Crippen LogP contribution in [0.2, 0.25) is 0 Å². The zero-order valence-corrected chi connectivity index (χ0v) is 16.7. The number of nitrogens with one attached hydrogen (secondary N) is 1. The lowest BCUT2D eigenvalue weighted by molar-refractivity contribution is 0.102. The molecule has 3 rings (SSSR count). The Labute approximate surface area is 170 Å². The summed E-state index contributed by atoms with van der Waals surface area (Å²) in [5.41, 5.74) is 0.214. The molecule has 0 spiro atoms. The number of nitrogens with zero attached hydrogens (tertiary/aromatic N) is 2. The number of benzene rings is 2. The molecule has 0 radical (unpaired) electrons. The van der Waals surface area contributed by atoms with Gasteiger partial charge in [0.05, 0.1) is 29.2 Å². The van der Waals surface area contributed by atoms with Gasteiger partial charge in [-0.2, -0.15) is 5.10 Å². The second-order valence-corrected chi connectivity index (χ2v) is 7.13. The first-order chi connectivity index (χ1) is 13.6. The number of amides is 1. The predicted octanol–water partition coefficient (Wildman–Crippen LogP) is 5.26. The topological polar surface area (TPSA) is 46.9 Å². The summed E-state index contributed by atoms with van der Waals surface area (Å²) < 4.78 is 69.8. The van der Waals surface area contributed by atoms with E-state index in [-0.39, 0.29) is 11.4 Å². The number of anilines is 1. The summed E-state index contributed by atoms with van der Waals surface area (Å²) in [4.78, 5) is 12.4. The first kappa shape index (κ1) is 21.0. The Balaban J connectivity index is 1.94. The van der Waals surface area contributed by atoms with Crippen molar-refractivity contribution in [1.82, 2.24) is 9.78 Å². The van der Waals surface area contributed by atoms with Gasteiger partial charge in [-0.3, -0.25) is 9.48 Å². The average molecular weight is 474 g/mol. The van der Waals surface area contributed by atoms with Crippen LogP contribution in [-0.4, -0.2) is 15.7 Å². The molecule has 29 heavy (non-hydrogen) atoms. The van der Waals surface area contributed by atoms with Crippen molar-refractivity contribution in [1.29, 1.82) is 0 Å². The lowest BCUT2D eigenvalue weighted by Gasteiger charge is -2.10. The SMILES string of the molecule is Cc1nn(Cc2c(F)c(F)c(F)c(F)c2F)c(C)c1NC(=O)c1cccc(Br)c1.